The number of hydrogen-bond donors (Lipinski definition) is 0. The summed E-state index contributed by atoms with van der Waals surface area (Å²) in [5.74, 6) is 1.25. The van der Waals surface area contributed by atoms with Crippen molar-refractivity contribution in [1.82, 2.24) is 4.31 Å². The summed E-state index contributed by atoms with van der Waals surface area (Å²) < 4.78 is 25.1. The third-order valence-electron chi connectivity index (χ3n) is 2.19. The Morgan fingerprint density at radius 1 is 1.54 bits per heavy atom. The van der Waals surface area contributed by atoms with Gasteiger partial charge in [-0.2, -0.15) is 4.31 Å². The summed E-state index contributed by atoms with van der Waals surface area (Å²) in [4.78, 5) is 0. The Hall–Kier alpha value is 0.260. The van der Waals surface area contributed by atoms with E-state index in [1.807, 2.05) is 13.8 Å². The molecule has 1 fully saturated rings. The van der Waals surface area contributed by atoms with Crippen LogP contribution in [0, 0.1) is 0 Å². The highest BCUT2D eigenvalue weighted by atomic mass is 32.2. The minimum atomic E-state index is -2.96. The molecule has 0 saturated carbocycles. The molecule has 1 unspecified atom stereocenters. The highest BCUT2D eigenvalue weighted by Gasteiger charge is 2.30. The monoisotopic (exact) mass is 223 g/mol. The van der Waals surface area contributed by atoms with Gasteiger partial charge < -0.3 is 0 Å². The van der Waals surface area contributed by atoms with Gasteiger partial charge in [0.05, 0.1) is 11.1 Å². The highest BCUT2D eigenvalue weighted by molar-refractivity contribution is 8.01. The van der Waals surface area contributed by atoms with Crippen LogP contribution in [0.25, 0.3) is 0 Å². The molecule has 1 aliphatic heterocycles. The van der Waals surface area contributed by atoms with Crippen molar-refractivity contribution in [2.45, 2.75) is 32.1 Å². The number of nitrogens with zero attached hydrogens (tertiary/aromatic N) is 1. The zero-order valence-electron chi connectivity index (χ0n) is 8.19. The predicted molar refractivity (Wildman–Crippen MR) is 57.3 cm³/mol. The van der Waals surface area contributed by atoms with Crippen LogP contribution in [0.1, 0.15) is 26.7 Å². The van der Waals surface area contributed by atoms with Gasteiger partial charge in [0, 0.05) is 12.3 Å². The molecule has 0 radical (unpaired) electrons. The van der Waals surface area contributed by atoms with E-state index in [4.69, 9.17) is 0 Å². The van der Waals surface area contributed by atoms with Crippen molar-refractivity contribution >= 4 is 21.8 Å². The average Bonchev–Trinajstić information content (AvgIpc) is 2.48. The summed E-state index contributed by atoms with van der Waals surface area (Å²) >= 11 is 1.71. The molecule has 1 saturated heterocycles. The van der Waals surface area contributed by atoms with E-state index >= 15 is 0 Å². The zero-order valence-corrected chi connectivity index (χ0v) is 9.83. The second-order valence-corrected chi connectivity index (χ2v) is 6.72. The summed E-state index contributed by atoms with van der Waals surface area (Å²) in [7, 11) is -2.96. The Morgan fingerprint density at radius 3 is 2.69 bits per heavy atom. The van der Waals surface area contributed by atoms with E-state index in [1.165, 1.54) is 0 Å². The highest BCUT2D eigenvalue weighted by Crippen LogP contribution is 2.26. The Bertz CT molecular complexity index is 251. The van der Waals surface area contributed by atoms with Gasteiger partial charge in [-0.15, -0.1) is 11.8 Å². The number of thioether (sulfide) groups is 1. The lowest BCUT2D eigenvalue weighted by atomic mass is 10.4. The van der Waals surface area contributed by atoms with Crippen LogP contribution in [0.5, 0.6) is 0 Å². The van der Waals surface area contributed by atoms with E-state index in [0.717, 1.165) is 18.6 Å². The molecule has 0 aromatic carbocycles. The molecule has 0 amide bonds. The van der Waals surface area contributed by atoms with Crippen LogP contribution in [-0.4, -0.2) is 36.1 Å². The maximum absolute atomic E-state index is 11.7. The van der Waals surface area contributed by atoms with Crippen molar-refractivity contribution in [3.05, 3.63) is 0 Å². The van der Waals surface area contributed by atoms with Crippen LogP contribution in [0.15, 0.2) is 0 Å². The van der Waals surface area contributed by atoms with Gasteiger partial charge in [0.15, 0.2) is 0 Å². The maximum atomic E-state index is 11.7. The van der Waals surface area contributed by atoms with E-state index in [0.29, 0.717) is 12.3 Å². The lowest BCUT2D eigenvalue weighted by Crippen LogP contribution is -2.34. The van der Waals surface area contributed by atoms with Crippen LogP contribution >= 0.6 is 11.8 Å². The first kappa shape index (κ1) is 11.3. The molecule has 1 aliphatic rings. The van der Waals surface area contributed by atoms with Gasteiger partial charge in [0.2, 0.25) is 10.0 Å². The SMILES string of the molecule is CCCCS(=O)(=O)N1CCSC1C. The second-order valence-electron chi connectivity index (χ2n) is 3.25. The van der Waals surface area contributed by atoms with Crippen molar-refractivity contribution in [2.24, 2.45) is 0 Å². The predicted octanol–water partition coefficient (Wildman–Crippen LogP) is 1.51. The molecular formula is C8H17NO2S2. The van der Waals surface area contributed by atoms with Crippen molar-refractivity contribution in [3.8, 4) is 0 Å². The minimum Gasteiger partial charge on any atom is -0.212 e. The third kappa shape index (κ3) is 2.86. The standard InChI is InChI=1S/C8H17NO2S2/c1-3-4-7-13(10,11)9-5-6-12-8(9)2/h8H,3-7H2,1-2H3. The van der Waals surface area contributed by atoms with E-state index < -0.39 is 10.0 Å². The van der Waals surface area contributed by atoms with Gasteiger partial charge in [-0.1, -0.05) is 13.3 Å². The third-order valence-corrected chi connectivity index (χ3v) is 5.50. The molecule has 0 aromatic rings. The molecule has 0 aliphatic carbocycles. The van der Waals surface area contributed by atoms with Gasteiger partial charge in [-0.25, -0.2) is 8.42 Å². The van der Waals surface area contributed by atoms with Crippen molar-refractivity contribution < 1.29 is 8.42 Å². The molecule has 1 atom stereocenters. The van der Waals surface area contributed by atoms with Gasteiger partial charge in [-0.3, -0.25) is 0 Å². The maximum Gasteiger partial charge on any atom is 0.215 e. The van der Waals surface area contributed by atoms with Crippen LogP contribution in [0.4, 0.5) is 0 Å². The molecule has 3 nitrogen and oxygen atoms in total. The van der Waals surface area contributed by atoms with Crippen molar-refractivity contribution in [1.29, 1.82) is 0 Å². The van der Waals surface area contributed by atoms with E-state index in [2.05, 4.69) is 0 Å². The number of rotatable bonds is 4. The van der Waals surface area contributed by atoms with E-state index in [1.54, 1.807) is 16.1 Å². The van der Waals surface area contributed by atoms with Gasteiger partial charge in [0.1, 0.15) is 0 Å². The van der Waals surface area contributed by atoms with Gasteiger partial charge >= 0.3 is 0 Å². The Kier molecular flexibility index (Phi) is 4.06. The normalized spacial score (nSPS) is 25.2. The molecule has 0 spiro atoms. The Morgan fingerprint density at radius 2 is 2.23 bits per heavy atom. The summed E-state index contributed by atoms with van der Waals surface area (Å²) in [5, 5.41) is 0.141. The summed E-state index contributed by atoms with van der Waals surface area (Å²) in [6, 6.07) is 0. The average molecular weight is 223 g/mol. The largest absolute Gasteiger partial charge is 0.215 e. The summed E-state index contributed by atoms with van der Waals surface area (Å²) in [5.41, 5.74) is 0. The topological polar surface area (TPSA) is 37.4 Å². The molecule has 13 heavy (non-hydrogen) atoms. The molecule has 1 rings (SSSR count). The molecule has 0 N–H and O–H groups in total. The fourth-order valence-corrected chi connectivity index (χ4v) is 4.70. The minimum absolute atomic E-state index is 0.141. The fourth-order valence-electron chi connectivity index (χ4n) is 1.39. The quantitative estimate of drug-likeness (QED) is 0.725. The van der Waals surface area contributed by atoms with Gasteiger partial charge in [-0.05, 0) is 13.3 Å². The van der Waals surface area contributed by atoms with Crippen molar-refractivity contribution in [2.75, 3.05) is 18.1 Å². The molecule has 78 valence electrons. The summed E-state index contributed by atoms with van der Waals surface area (Å²) in [6.45, 7) is 4.66. The zero-order chi connectivity index (χ0) is 9.90. The molecule has 1 heterocycles. The Balaban J connectivity index is 2.58. The molecule has 0 aromatic heterocycles. The first-order chi connectivity index (χ1) is 6.08. The van der Waals surface area contributed by atoms with Crippen LogP contribution in [-0.2, 0) is 10.0 Å². The number of unbranched alkanes of at least 4 members (excludes halogenated alkanes) is 1. The van der Waals surface area contributed by atoms with Crippen LogP contribution < -0.4 is 0 Å². The van der Waals surface area contributed by atoms with Crippen molar-refractivity contribution in [3.63, 3.8) is 0 Å². The first-order valence-electron chi connectivity index (χ1n) is 4.69. The first-order valence-corrected chi connectivity index (χ1v) is 7.35. The smallest absolute Gasteiger partial charge is 0.212 e. The van der Waals surface area contributed by atoms with E-state index in [9.17, 15) is 8.42 Å². The molecule has 5 heteroatoms. The number of sulfonamides is 1. The molecule has 0 bridgehead atoms. The van der Waals surface area contributed by atoms with Crippen LogP contribution in [0.3, 0.4) is 0 Å². The lowest BCUT2D eigenvalue weighted by molar-refractivity contribution is 0.440. The molecular weight excluding hydrogens is 206 g/mol. The summed E-state index contributed by atoms with van der Waals surface area (Å²) in [6.07, 6.45) is 1.71. The van der Waals surface area contributed by atoms with E-state index in [-0.39, 0.29) is 5.37 Å². The Labute approximate surface area is 84.9 Å². The fraction of sp³-hybridized carbons (Fsp3) is 1.00. The lowest BCUT2D eigenvalue weighted by Gasteiger charge is -2.19. The second kappa shape index (κ2) is 4.66. The number of hydrogen-bond acceptors (Lipinski definition) is 3. The van der Waals surface area contributed by atoms with Crippen LogP contribution in [0.2, 0.25) is 0 Å². The van der Waals surface area contributed by atoms with Gasteiger partial charge in [0.25, 0.3) is 0 Å².